The first-order valence-electron chi connectivity index (χ1n) is 4.83. The average Bonchev–Trinajstić information content (AvgIpc) is 2.96. The molecule has 0 unspecified atom stereocenters. The van der Waals surface area contributed by atoms with Crippen LogP contribution in [0.2, 0.25) is 0 Å². The third kappa shape index (κ3) is 1.27. The van der Waals surface area contributed by atoms with Crippen LogP contribution in [0.15, 0.2) is 30.6 Å². The Morgan fingerprint density at radius 2 is 2.25 bits per heavy atom. The molecule has 0 atom stereocenters. The number of pyridine rings is 1. The quantitative estimate of drug-likeness (QED) is 0.731. The van der Waals surface area contributed by atoms with Crippen molar-refractivity contribution in [3.63, 3.8) is 0 Å². The third-order valence-corrected chi connectivity index (χ3v) is 2.92. The maximum Gasteiger partial charge on any atom is 0.169 e. The Kier molecular flexibility index (Phi) is 2.07. The van der Waals surface area contributed by atoms with Gasteiger partial charge < -0.3 is 5.32 Å². The highest BCUT2D eigenvalue weighted by molar-refractivity contribution is 6.99. The molecule has 0 aliphatic carbocycles. The van der Waals surface area contributed by atoms with Crippen molar-refractivity contribution in [1.29, 1.82) is 0 Å². The van der Waals surface area contributed by atoms with Crippen molar-refractivity contribution in [3.05, 3.63) is 30.6 Å². The van der Waals surface area contributed by atoms with E-state index in [2.05, 4.69) is 19.0 Å². The van der Waals surface area contributed by atoms with E-state index in [-0.39, 0.29) is 0 Å². The first-order valence-corrected chi connectivity index (χ1v) is 5.56. The fraction of sp³-hybridized carbons (Fsp3) is 0.100. The van der Waals surface area contributed by atoms with Gasteiger partial charge in [-0.2, -0.15) is 8.75 Å². The second kappa shape index (κ2) is 3.57. The Balaban J connectivity index is 2.29. The third-order valence-electron chi connectivity index (χ3n) is 2.40. The maximum atomic E-state index is 4.31. The van der Waals surface area contributed by atoms with E-state index in [1.54, 1.807) is 6.20 Å². The molecule has 0 aromatic carbocycles. The molecule has 3 aromatic rings. The molecule has 16 heavy (non-hydrogen) atoms. The van der Waals surface area contributed by atoms with E-state index in [0.29, 0.717) is 0 Å². The van der Waals surface area contributed by atoms with Gasteiger partial charge in [-0.3, -0.25) is 4.40 Å². The molecule has 5 nitrogen and oxygen atoms in total. The molecular weight excluding hydrogens is 222 g/mol. The Hall–Kier alpha value is -1.95. The highest BCUT2D eigenvalue weighted by atomic mass is 32.1. The van der Waals surface area contributed by atoms with Gasteiger partial charge in [-0.25, -0.2) is 4.98 Å². The van der Waals surface area contributed by atoms with E-state index in [4.69, 9.17) is 0 Å². The number of nitrogens with zero attached hydrogens (tertiary/aromatic N) is 4. The van der Waals surface area contributed by atoms with Gasteiger partial charge in [0.25, 0.3) is 0 Å². The van der Waals surface area contributed by atoms with Crippen LogP contribution >= 0.6 is 11.7 Å². The molecular formula is C10H9N5S. The summed E-state index contributed by atoms with van der Waals surface area (Å²) in [4.78, 5) is 4.24. The summed E-state index contributed by atoms with van der Waals surface area (Å²) in [5.74, 6) is 0.797. The van der Waals surface area contributed by atoms with Crippen molar-refractivity contribution in [2.75, 3.05) is 12.4 Å². The molecule has 3 heterocycles. The minimum atomic E-state index is 0.797. The SMILES string of the molecule is CNc1nsnc1-c1cccc2nccn12. The highest BCUT2D eigenvalue weighted by Gasteiger charge is 2.11. The van der Waals surface area contributed by atoms with Gasteiger partial charge in [0.2, 0.25) is 0 Å². The van der Waals surface area contributed by atoms with Gasteiger partial charge in [0.1, 0.15) is 11.3 Å². The summed E-state index contributed by atoms with van der Waals surface area (Å²) >= 11 is 1.20. The van der Waals surface area contributed by atoms with Gasteiger partial charge in [-0.15, -0.1) is 0 Å². The lowest BCUT2D eigenvalue weighted by Gasteiger charge is -2.03. The highest BCUT2D eigenvalue weighted by Crippen LogP contribution is 2.25. The van der Waals surface area contributed by atoms with Gasteiger partial charge in [0, 0.05) is 19.4 Å². The Morgan fingerprint density at radius 1 is 1.31 bits per heavy atom. The van der Waals surface area contributed by atoms with Gasteiger partial charge >= 0.3 is 0 Å². The van der Waals surface area contributed by atoms with E-state index in [9.17, 15) is 0 Å². The zero-order chi connectivity index (χ0) is 11.0. The number of fused-ring (bicyclic) bond motifs is 1. The van der Waals surface area contributed by atoms with Crippen molar-refractivity contribution < 1.29 is 0 Å². The van der Waals surface area contributed by atoms with Gasteiger partial charge in [0.15, 0.2) is 5.82 Å². The first kappa shape index (κ1) is 9.29. The molecule has 0 aliphatic heterocycles. The summed E-state index contributed by atoms with van der Waals surface area (Å²) in [6.07, 6.45) is 3.70. The van der Waals surface area contributed by atoms with Gasteiger partial charge in [-0.1, -0.05) is 6.07 Å². The number of imidazole rings is 1. The summed E-state index contributed by atoms with van der Waals surface area (Å²) in [6.45, 7) is 0. The monoisotopic (exact) mass is 231 g/mol. The molecule has 80 valence electrons. The molecule has 0 saturated heterocycles. The van der Waals surface area contributed by atoms with E-state index in [0.717, 1.165) is 22.9 Å². The normalized spacial score (nSPS) is 10.8. The smallest absolute Gasteiger partial charge is 0.169 e. The Bertz CT molecular complexity index is 627. The number of hydrogen-bond acceptors (Lipinski definition) is 5. The van der Waals surface area contributed by atoms with Crippen molar-refractivity contribution in [2.45, 2.75) is 0 Å². The fourth-order valence-corrected chi connectivity index (χ4v) is 2.22. The topological polar surface area (TPSA) is 55.1 Å². The molecule has 0 spiro atoms. The van der Waals surface area contributed by atoms with Crippen LogP contribution in [0.25, 0.3) is 17.0 Å². The van der Waals surface area contributed by atoms with Crippen LogP contribution in [0.3, 0.4) is 0 Å². The van der Waals surface area contributed by atoms with Crippen molar-refractivity contribution in [1.82, 2.24) is 18.1 Å². The fourth-order valence-electron chi connectivity index (χ4n) is 1.66. The molecule has 3 aromatic heterocycles. The predicted octanol–water partition coefficient (Wildman–Crippen LogP) is 1.89. The van der Waals surface area contributed by atoms with Gasteiger partial charge in [0.05, 0.1) is 17.4 Å². The largest absolute Gasteiger partial charge is 0.370 e. The van der Waals surface area contributed by atoms with Crippen molar-refractivity contribution >= 4 is 23.2 Å². The minimum absolute atomic E-state index is 0.797. The van der Waals surface area contributed by atoms with Crippen molar-refractivity contribution in [3.8, 4) is 11.4 Å². The van der Waals surface area contributed by atoms with Crippen LogP contribution in [0.4, 0.5) is 5.82 Å². The molecule has 0 saturated carbocycles. The lowest BCUT2D eigenvalue weighted by atomic mass is 10.2. The van der Waals surface area contributed by atoms with E-state index >= 15 is 0 Å². The first-order chi connectivity index (χ1) is 7.90. The molecule has 0 amide bonds. The lowest BCUT2D eigenvalue weighted by molar-refractivity contribution is 1.18. The molecule has 0 aliphatic rings. The molecule has 6 heteroatoms. The van der Waals surface area contributed by atoms with Crippen LogP contribution in [0.1, 0.15) is 0 Å². The van der Waals surface area contributed by atoms with E-state index in [1.165, 1.54) is 11.7 Å². The Morgan fingerprint density at radius 3 is 3.12 bits per heavy atom. The van der Waals surface area contributed by atoms with Gasteiger partial charge in [-0.05, 0) is 12.1 Å². The van der Waals surface area contributed by atoms with E-state index in [1.807, 2.05) is 35.8 Å². The molecule has 0 fully saturated rings. The molecule has 1 N–H and O–H groups in total. The Labute approximate surface area is 96.1 Å². The molecule has 0 radical (unpaired) electrons. The summed E-state index contributed by atoms with van der Waals surface area (Å²) < 4.78 is 10.5. The van der Waals surface area contributed by atoms with Crippen molar-refractivity contribution in [2.24, 2.45) is 0 Å². The van der Waals surface area contributed by atoms with E-state index < -0.39 is 0 Å². The number of aromatic nitrogens is 4. The molecule has 0 bridgehead atoms. The average molecular weight is 231 g/mol. The summed E-state index contributed by atoms with van der Waals surface area (Å²) in [5, 5.41) is 3.03. The van der Waals surface area contributed by atoms with Crippen LogP contribution < -0.4 is 5.32 Å². The number of anilines is 1. The summed E-state index contributed by atoms with van der Waals surface area (Å²) in [6, 6.07) is 5.94. The summed E-state index contributed by atoms with van der Waals surface area (Å²) in [7, 11) is 1.84. The minimum Gasteiger partial charge on any atom is -0.370 e. The van der Waals surface area contributed by atoms with Crippen LogP contribution in [-0.2, 0) is 0 Å². The summed E-state index contributed by atoms with van der Waals surface area (Å²) in [5.41, 5.74) is 2.76. The maximum absolute atomic E-state index is 4.31. The van der Waals surface area contributed by atoms with Crippen LogP contribution in [0, 0.1) is 0 Å². The van der Waals surface area contributed by atoms with Crippen LogP contribution in [0.5, 0.6) is 0 Å². The number of hydrogen-bond donors (Lipinski definition) is 1. The predicted molar refractivity (Wildman–Crippen MR) is 63.6 cm³/mol. The molecule has 3 rings (SSSR count). The standard InChI is InChI=1S/C10H9N5S/c1-11-10-9(13-16-14-10)7-3-2-4-8-12-5-6-15(7)8/h2-6H,1H3,(H,11,14). The van der Waals surface area contributed by atoms with Crippen LogP contribution in [-0.4, -0.2) is 25.2 Å². The number of rotatable bonds is 2. The zero-order valence-corrected chi connectivity index (χ0v) is 9.40. The lowest BCUT2D eigenvalue weighted by Crippen LogP contribution is -1.95. The second-order valence-corrected chi connectivity index (χ2v) is 3.81. The number of nitrogens with one attached hydrogen (secondary N) is 1. The zero-order valence-electron chi connectivity index (χ0n) is 8.58. The second-order valence-electron chi connectivity index (χ2n) is 3.28.